The van der Waals surface area contributed by atoms with Crippen molar-refractivity contribution in [3.8, 4) is 0 Å². The second-order valence-corrected chi connectivity index (χ2v) is 10.4. The van der Waals surface area contributed by atoms with Crippen LogP contribution in [0.2, 0.25) is 0 Å². The summed E-state index contributed by atoms with van der Waals surface area (Å²) in [6.45, 7) is 3.51. The predicted octanol–water partition coefficient (Wildman–Crippen LogP) is 6.47. The number of alkyl halides is 3. The van der Waals surface area contributed by atoms with Gasteiger partial charge in [-0.15, -0.1) is 0 Å². The van der Waals surface area contributed by atoms with Crippen molar-refractivity contribution in [2.45, 2.75) is 109 Å². The molecule has 2 bridgehead atoms. The van der Waals surface area contributed by atoms with Gasteiger partial charge < -0.3 is 4.74 Å². The van der Waals surface area contributed by atoms with Gasteiger partial charge in [0, 0.05) is 12.3 Å². The Morgan fingerprint density at radius 3 is 1.86 bits per heavy atom. The lowest BCUT2D eigenvalue weighted by atomic mass is 9.48. The fraction of sp³-hybridized carbons (Fsp3) is 0.957. The summed E-state index contributed by atoms with van der Waals surface area (Å²) >= 11 is 0. The van der Waals surface area contributed by atoms with Gasteiger partial charge in [0.05, 0.1) is 0 Å². The van der Waals surface area contributed by atoms with Gasteiger partial charge in [0.1, 0.15) is 5.60 Å². The average molecular weight is 401 g/mol. The molecule has 0 aromatic carbocycles. The minimum atomic E-state index is -3.41. The molecule has 1 atom stereocenters. The molecule has 5 aliphatic rings. The Morgan fingerprint density at radius 2 is 1.36 bits per heavy atom. The van der Waals surface area contributed by atoms with Crippen molar-refractivity contribution in [2.24, 2.45) is 29.1 Å². The van der Waals surface area contributed by atoms with Crippen LogP contribution < -0.4 is 0 Å². The molecule has 0 N–H and O–H groups in total. The smallest absolute Gasteiger partial charge is 0.303 e. The first-order valence-electron chi connectivity index (χ1n) is 11.4. The molecule has 5 aliphatic carbocycles. The van der Waals surface area contributed by atoms with Gasteiger partial charge in [0.25, 0.3) is 5.92 Å². The Kier molecular flexibility index (Phi) is 5.27. The number of carbonyl (C=O) groups is 1. The zero-order chi connectivity index (χ0) is 20.2. The van der Waals surface area contributed by atoms with Crippen molar-refractivity contribution >= 4 is 5.97 Å². The largest absolute Gasteiger partial charge is 0.456 e. The Labute approximate surface area is 167 Å². The van der Waals surface area contributed by atoms with E-state index in [9.17, 15) is 4.79 Å². The number of hydrogen-bond acceptors (Lipinski definition) is 2. The number of fused-ring (bicyclic) bond motifs is 3. The minimum Gasteiger partial charge on any atom is -0.456 e. The van der Waals surface area contributed by atoms with Crippen LogP contribution in [0.4, 0.5) is 13.2 Å². The molecule has 5 saturated carbocycles. The summed E-state index contributed by atoms with van der Waals surface area (Å²) in [5, 5.41) is 0. The SMILES string of the molecule is CC(=O)OC12CCC(C3CCC(C4CCC(C)CC4)CC3)(CC1)C(F)(F)C2F. The monoisotopic (exact) mass is 400 g/mol. The second kappa shape index (κ2) is 7.19. The topological polar surface area (TPSA) is 26.3 Å². The lowest BCUT2D eigenvalue weighted by Gasteiger charge is -2.61. The van der Waals surface area contributed by atoms with Crippen LogP contribution in [0.25, 0.3) is 0 Å². The number of rotatable bonds is 3. The van der Waals surface area contributed by atoms with Gasteiger partial charge in [-0.1, -0.05) is 19.8 Å². The summed E-state index contributed by atoms with van der Waals surface area (Å²) in [7, 11) is 0. The standard InChI is InChI=1S/C23H35F3O2/c1-15-3-5-17(6-4-15)18-7-9-19(10-8-18)21-11-13-22(14-12-21,28-16(2)27)20(24)23(21,25)26/h15,17-20H,3-14H2,1-2H3. The molecule has 5 rings (SSSR count). The van der Waals surface area contributed by atoms with Gasteiger partial charge in [-0.2, -0.15) is 0 Å². The average Bonchev–Trinajstić information content (AvgIpc) is 2.67. The Bertz CT molecular complexity index is 581. The van der Waals surface area contributed by atoms with Crippen LogP contribution in [0.1, 0.15) is 90.9 Å². The maximum Gasteiger partial charge on any atom is 0.303 e. The van der Waals surface area contributed by atoms with E-state index in [1.807, 2.05) is 0 Å². The summed E-state index contributed by atoms with van der Waals surface area (Å²) in [5.41, 5.74) is -2.84. The molecule has 0 amide bonds. The van der Waals surface area contributed by atoms with Gasteiger partial charge >= 0.3 is 5.97 Å². The Balaban J connectivity index is 1.45. The van der Waals surface area contributed by atoms with Gasteiger partial charge in [-0.25, -0.2) is 13.2 Å². The molecular formula is C23H35F3O2. The highest BCUT2D eigenvalue weighted by Gasteiger charge is 2.74. The molecule has 0 spiro atoms. The van der Waals surface area contributed by atoms with E-state index in [1.165, 1.54) is 32.6 Å². The predicted molar refractivity (Wildman–Crippen MR) is 102 cm³/mol. The van der Waals surface area contributed by atoms with E-state index in [2.05, 4.69) is 6.92 Å². The third-order valence-corrected chi connectivity index (χ3v) is 9.06. The lowest BCUT2D eigenvalue weighted by Crippen LogP contribution is -2.70. The quantitative estimate of drug-likeness (QED) is 0.508. The Morgan fingerprint density at radius 1 is 0.857 bits per heavy atom. The van der Waals surface area contributed by atoms with E-state index in [-0.39, 0.29) is 31.6 Å². The third-order valence-electron chi connectivity index (χ3n) is 9.06. The molecule has 0 aromatic heterocycles. The summed E-state index contributed by atoms with van der Waals surface area (Å²) in [4.78, 5) is 11.4. The number of esters is 1. The highest BCUT2D eigenvalue weighted by molar-refractivity contribution is 5.66. The molecule has 5 fully saturated rings. The molecule has 160 valence electrons. The van der Waals surface area contributed by atoms with Crippen molar-refractivity contribution in [3.05, 3.63) is 0 Å². The summed E-state index contributed by atoms with van der Waals surface area (Å²) in [6, 6.07) is 0. The van der Waals surface area contributed by atoms with Gasteiger partial charge in [0.15, 0.2) is 0 Å². The number of ether oxygens (including phenoxy) is 1. The van der Waals surface area contributed by atoms with E-state index >= 15 is 13.2 Å². The van der Waals surface area contributed by atoms with Crippen molar-refractivity contribution in [1.82, 2.24) is 0 Å². The first kappa shape index (κ1) is 20.5. The molecule has 0 aliphatic heterocycles. The van der Waals surface area contributed by atoms with E-state index in [4.69, 9.17) is 4.74 Å². The fourth-order valence-corrected chi connectivity index (χ4v) is 7.31. The van der Waals surface area contributed by atoms with Crippen molar-refractivity contribution in [2.75, 3.05) is 0 Å². The highest BCUT2D eigenvalue weighted by atomic mass is 19.3. The van der Waals surface area contributed by atoms with Crippen LogP contribution >= 0.6 is 0 Å². The van der Waals surface area contributed by atoms with Crippen molar-refractivity contribution in [1.29, 1.82) is 0 Å². The van der Waals surface area contributed by atoms with E-state index < -0.39 is 29.1 Å². The number of carbonyl (C=O) groups excluding carboxylic acids is 1. The van der Waals surface area contributed by atoms with Crippen LogP contribution in [0.15, 0.2) is 0 Å². The third kappa shape index (κ3) is 3.10. The summed E-state index contributed by atoms with van der Waals surface area (Å²) in [5.74, 6) is -1.91. The molecule has 1 unspecified atom stereocenters. The Hall–Kier alpha value is -0.740. The van der Waals surface area contributed by atoms with E-state index in [0.29, 0.717) is 5.92 Å². The first-order chi connectivity index (χ1) is 13.2. The molecule has 2 nitrogen and oxygen atoms in total. The second-order valence-electron chi connectivity index (χ2n) is 10.4. The fourth-order valence-electron chi connectivity index (χ4n) is 7.31. The van der Waals surface area contributed by atoms with Gasteiger partial charge in [-0.3, -0.25) is 4.79 Å². The van der Waals surface area contributed by atoms with Gasteiger partial charge in [-0.05, 0) is 87.9 Å². The summed E-state index contributed by atoms with van der Waals surface area (Å²) < 4.78 is 50.9. The normalized spacial score (nSPS) is 48.2. The van der Waals surface area contributed by atoms with Crippen LogP contribution in [-0.4, -0.2) is 23.7 Å². The zero-order valence-electron chi connectivity index (χ0n) is 17.3. The van der Waals surface area contributed by atoms with E-state index in [1.54, 1.807) is 0 Å². The minimum absolute atomic E-state index is 0.102. The molecule has 0 radical (unpaired) electrons. The molecular weight excluding hydrogens is 365 g/mol. The number of halogens is 3. The first-order valence-corrected chi connectivity index (χ1v) is 11.4. The van der Waals surface area contributed by atoms with Crippen LogP contribution in [0.5, 0.6) is 0 Å². The van der Waals surface area contributed by atoms with E-state index in [0.717, 1.165) is 37.5 Å². The maximum absolute atomic E-state index is 15.4. The molecule has 0 saturated heterocycles. The molecule has 28 heavy (non-hydrogen) atoms. The van der Waals surface area contributed by atoms with Gasteiger partial charge in [0.2, 0.25) is 6.17 Å². The van der Waals surface area contributed by atoms with Crippen molar-refractivity contribution < 1.29 is 22.7 Å². The van der Waals surface area contributed by atoms with Crippen LogP contribution in [0.3, 0.4) is 0 Å². The maximum atomic E-state index is 15.4. The van der Waals surface area contributed by atoms with Crippen molar-refractivity contribution in [3.63, 3.8) is 0 Å². The molecule has 0 aromatic rings. The molecule has 5 heteroatoms. The zero-order valence-corrected chi connectivity index (χ0v) is 17.3. The molecule has 0 heterocycles. The highest BCUT2D eigenvalue weighted by Crippen LogP contribution is 2.67. The number of hydrogen-bond donors (Lipinski definition) is 0. The lowest BCUT2D eigenvalue weighted by molar-refractivity contribution is -0.309. The van der Waals surface area contributed by atoms with Crippen LogP contribution in [-0.2, 0) is 9.53 Å². The summed E-state index contributed by atoms with van der Waals surface area (Å²) in [6.07, 6.45) is 7.50. The van der Waals surface area contributed by atoms with Crippen LogP contribution in [0, 0.1) is 29.1 Å².